The quantitative estimate of drug-likeness (QED) is 0.815. The minimum absolute atomic E-state index is 0.0691. The van der Waals surface area contributed by atoms with Gasteiger partial charge in [-0.1, -0.05) is 29.3 Å². The predicted octanol–water partition coefficient (Wildman–Crippen LogP) is 1.10. The lowest BCUT2D eigenvalue weighted by Gasteiger charge is -2.35. The summed E-state index contributed by atoms with van der Waals surface area (Å²) in [5.41, 5.74) is 0. The van der Waals surface area contributed by atoms with Crippen molar-refractivity contribution in [3.05, 3.63) is 28.2 Å². The van der Waals surface area contributed by atoms with Crippen LogP contribution in [0.25, 0.3) is 0 Å². The second kappa shape index (κ2) is 7.11. The first-order valence-electron chi connectivity index (χ1n) is 7.83. The van der Waals surface area contributed by atoms with E-state index in [1.165, 1.54) is 16.4 Å². The molecule has 1 aromatic carbocycles. The van der Waals surface area contributed by atoms with E-state index < -0.39 is 16.1 Å². The first-order valence-corrected chi connectivity index (χ1v) is 10.0. The Labute approximate surface area is 155 Å². The highest BCUT2D eigenvalue weighted by Crippen LogP contribution is 2.31. The van der Waals surface area contributed by atoms with Crippen molar-refractivity contribution in [2.45, 2.75) is 23.8 Å². The molecule has 0 saturated carbocycles. The molecule has 10 heteroatoms. The van der Waals surface area contributed by atoms with Crippen molar-refractivity contribution >= 4 is 45.0 Å². The topological polar surface area (TPSA) is 86.8 Å². The molecule has 2 heterocycles. The third-order valence-corrected chi connectivity index (χ3v) is 7.22. The van der Waals surface area contributed by atoms with Gasteiger partial charge < -0.3 is 10.2 Å². The van der Waals surface area contributed by atoms with Crippen LogP contribution >= 0.6 is 23.2 Å². The number of sulfonamides is 1. The smallest absolute Gasteiger partial charge is 0.246 e. The molecule has 2 aliphatic heterocycles. The summed E-state index contributed by atoms with van der Waals surface area (Å²) >= 11 is 12.0. The van der Waals surface area contributed by atoms with E-state index in [0.29, 0.717) is 12.8 Å². The van der Waals surface area contributed by atoms with Crippen LogP contribution in [-0.2, 0) is 19.6 Å². The van der Waals surface area contributed by atoms with E-state index >= 15 is 0 Å². The van der Waals surface area contributed by atoms with E-state index in [2.05, 4.69) is 5.32 Å². The lowest BCUT2D eigenvalue weighted by molar-refractivity contribution is -0.135. The van der Waals surface area contributed by atoms with Crippen LogP contribution in [0.3, 0.4) is 0 Å². The molecular formula is C15H17Cl2N3O4S. The van der Waals surface area contributed by atoms with Crippen molar-refractivity contribution in [1.29, 1.82) is 0 Å². The second-order valence-corrected chi connectivity index (χ2v) is 8.63. The van der Waals surface area contributed by atoms with E-state index in [4.69, 9.17) is 23.2 Å². The van der Waals surface area contributed by atoms with Crippen LogP contribution in [0.1, 0.15) is 12.8 Å². The third-order valence-electron chi connectivity index (χ3n) is 4.36. The number of nitrogens with one attached hydrogen (secondary N) is 1. The number of hydrogen-bond donors (Lipinski definition) is 1. The summed E-state index contributed by atoms with van der Waals surface area (Å²) in [6.45, 7) is 0.811. The van der Waals surface area contributed by atoms with Crippen LogP contribution in [0.15, 0.2) is 23.1 Å². The fourth-order valence-corrected chi connectivity index (χ4v) is 5.54. The van der Waals surface area contributed by atoms with Crippen LogP contribution in [0.2, 0.25) is 10.0 Å². The largest absolute Gasteiger partial charge is 0.344 e. The number of hydrogen-bond acceptors (Lipinski definition) is 4. The van der Waals surface area contributed by atoms with Gasteiger partial charge >= 0.3 is 0 Å². The van der Waals surface area contributed by atoms with Crippen LogP contribution < -0.4 is 5.32 Å². The summed E-state index contributed by atoms with van der Waals surface area (Å²) in [5, 5.41) is 2.77. The number of benzene rings is 1. The maximum atomic E-state index is 12.8. The van der Waals surface area contributed by atoms with Gasteiger partial charge in [-0.25, -0.2) is 8.42 Å². The maximum Gasteiger partial charge on any atom is 0.246 e. The zero-order valence-electron chi connectivity index (χ0n) is 13.2. The standard InChI is InChI=1S/C15H17Cl2N3O4S/c16-10-2-1-3-11(17)14(10)25(23,24)20-8-6-19(7-9-20)15(22)12-4-5-13(21)18-12/h1-3,12H,4-9H2,(H,18,21)/t12-/m0/s1. The Balaban J connectivity index is 1.69. The molecule has 2 aliphatic rings. The Kier molecular flexibility index (Phi) is 5.24. The fraction of sp³-hybridized carbons (Fsp3) is 0.467. The summed E-state index contributed by atoms with van der Waals surface area (Å²) in [4.78, 5) is 25.1. The molecule has 136 valence electrons. The summed E-state index contributed by atoms with van der Waals surface area (Å²) in [7, 11) is -3.84. The Morgan fingerprint density at radius 1 is 1.12 bits per heavy atom. The van der Waals surface area contributed by atoms with Gasteiger partial charge in [0.15, 0.2) is 0 Å². The number of rotatable bonds is 3. The first-order chi connectivity index (χ1) is 11.8. The lowest BCUT2D eigenvalue weighted by atomic mass is 10.2. The van der Waals surface area contributed by atoms with E-state index in [1.807, 2.05) is 0 Å². The molecule has 3 rings (SSSR count). The summed E-state index contributed by atoms with van der Waals surface area (Å²) in [6.07, 6.45) is 0.821. The van der Waals surface area contributed by atoms with Crippen LogP contribution in [-0.4, -0.2) is 61.7 Å². The summed E-state index contributed by atoms with van der Waals surface area (Å²) in [6, 6.07) is 4.02. The molecule has 0 unspecified atom stereocenters. The van der Waals surface area contributed by atoms with E-state index in [0.717, 1.165) is 0 Å². The van der Waals surface area contributed by atoms with E-state index in [9.17, 15) is 18.0 Å². The Bertz CT molecular complexity index is 787. The van der Waals surface area contributed by atoms with E-state index in [1.54, 1.807) is 11.0 Å². The van der Waals surface area contributed by atoms with Gasteiger partial charge in [-0.05, 0) is 18.6 Å². The van der Waals surface area contributed by atoms with Crippen molar-refractivity contribution in [1.82, 2.24) is 14.5 Å². The van der Waals surface area contributed by atoms with E-state index in [-0.39, 0.29) is 52.9 Å². The van der Waals surface area contributed by atoms with Crippen LogP contribution in [0, 0.1) is 0 Å². The Morgan fingerprint density at radius 3 is 2.24 bits per heavy atom. The molecule has 0 bridgehead atoms. The molecule has 0 aromatic heterocycles. The number of halogens is 2. The molecule has 1 aromatic rings. The third kappa shape index (κ3) is 3.62. The molecule has 25 heavy (non-hydrogen) atoms. The predicted molar refractivity (Wildman–Crippen MR) is 93.0 cm³/mol. The summed E-state index contributed by atoms with van der Waals surface area (Å²) in [5.74, 6) is -0.299. The van der Waals surface area contributed by atoms with Crippen molar-refractivity contribution in [2.75, 3.05) is 26.2 Å². The van der Waals surface area contributed by atoms with Crippen molar-refractivity contribution in [3.63, 3.8) is 0 Å². The average Bonchev–Trinajstić information content (AvgIpc) is 3.00. The minimum atomic E-state index is -3.84. The van der Waals surface area contributed by atoms with Crippen LogP contribution in [0.4, 0.5) is 0 Å². The molecule has 0 radical (unpaired) electrons. The second-order valence-electron chi connectivity index (χ2n) is 5.94. The van der Waals surface area contributed by atoms with Gasteiger partial charge in [-0.3, -0.25) is 9.59 Å². The lowest BCUT2D eigenvalue weighted by Crippen LogP contribution is -2.54. The van der Waals surface area contributed by atoms with Gasteiger partial charge in [0.05, 0.1) is 10.0 Å². The molecule has 0 spiro atoms. The minimum Gasteiger partial charge on any atom is -0.344 e. The molecule has 2 saturated heterocycles. The molecule has 7 nitrogen and oxygen atoms in total. The van der Waals surface area contributed by atoms with Gasteiger partial charge in [0, 0.05) is 32.6 Å². The molecule has 2 fully saturated rings. The van der Waals surface area contributed by atoms with Gasteiger partial charge in [-0.2, -0.15) is 4.31 Å². The zero-order valence-corrected chi connectivity index (χ0v) is 15.6. The van der Waals surface area contributed by atoms with Gasteiger partial charge in [0.2, 0.25) is 21.8 Å². The molecule has 0 aliphatic carbocycles. The molecule has 1 N–H and O–H groups in total. The number of carbonyl (C=O) groups is 2. The van der Waals surface area contributed by atoms with Gasteiger partial charge in [0.25, 0.3) is 0 Å². The van der Waals surface area contributed by atoms with Gasteiger partial charge in [-0.15, -0.1) is 0 Å². The fourth-order valence-electron chi connectivity index (χ4n) is 3.03. The number of piperazine rings is 1. The number of carbonyl (C=O) groups excluding carboxylic acids is 2. The highest BCUT2D eigenvalue weighted by molar-refractivity contribution is 7.89. The monoisotopic (exact) mass is 405 g/mol. The normalized spacial score (nSPS) is 22.1. The average molecular weight is 406 g/mol. The van der Waals surface area contributed by atoms with Crippen molar-refractivity contribution in [3.8, 4) is 0 Å². The highest BCUT2D eigenvalue weighted by atomic mass is 35.5. The summed E-state index contributed by atoms with van der Waals surface area (Å²) < 4.78 is 26.9. The molecular weight excluding hydrogens is 389 g/mol. The van der Waals surface area contributed by atoms with Crippen molar-refractivity contribution in [2.24, 2.45) is 0 Å². The Hall–Kier alpha value is -1.35. The van der Waals surface area contributed by atoms with Crippen LogP contribution in [0.5, 0.6) is 0 Å². The zero-order chi connectivity index (χ0) is 18.2. The first kappa shape index (κ1) is 18.4. The number of nitrogens with zero attached hydrogens (tertiary/aromatic N) is 2. The van der Waals surface area contributed by atoms with Crippen molar-refractivity contribution < 1.29 is 18.0 Å². The SMILES string of the molecule is O=C1CC[C@@H](C(=O)N2CCN(S(=O)(=O)c3c(Cl)cccc3Cl)CC2)N1. The molecule has 2 amide bonds. The maximum absolute atomic E-state index is 12.8. The number of amides is 2. The Morgan fingerprint density at radius 2 is 1.72 bits per heavy atom. The van der Waals surface area contributed by atoms with Gasteiger partial charge in [0.1, 0.15) is 10.9 Å². The highest BCUT2D eigenvalue weighted by Gasteiger charge is 2.36. The molecule has 1 atom stereocenters.